The number of methoxy groups -OCH3 is 2. The van der Waals surface area contributed by atoms with E-state index in [1.54, 1.807) is 43.5 Å². The van der Waals surface area contributed by atoms with Gasteiger partial charge >= 0.3 is 6.03 Å². The molecular formula is C21H25N5O3. The number of nitrogens with one attached hydrogen (secondary N) is 1. The average Bonchev–Trinajstić information content (AvgIpc) is 2.78. The topological polar surface area (TPSA) is 90.7 Å². The fourth-order valence-electron chi connectivity index (χ4n) is 3.39. The van der Waals surface area contributed by atoms with Crippen LogP contribution in [0.2, 0.25) is 0 Å². The predicted octanol–water partition coefficient (Wildman–Crippen LogP) is 2.56. The number of carbonyl (C=O) groups is 1. The van der Waals surface area contributed by atoms with Crippen molar-refractivity contribution in [3.8, 4) is 17.6 Å². The van der Waals surface area contributed by atoms with Crippen molar-refractivity contribution in [3.63, 3.8) is 0 Å². The van der Waals surface area contributed by atoms with Gasteiger partial charge in [0.25, 0.3) is 0 Å². The van der Waals surface area contributed by atoms with Crippen LogP contribution < -0.4 is 19.7 Å². The third-order valence-corrected chi connectivity index (χ3v) is 5.02. The largest absolute Gasteiger partial charge is 0.497 e. The maximum absolute atomic E-state index is 12.7. The van der Waals surface area contributed by atoms with Crippen molar-refractivity contribution in [1.82, 2.24) is 15.2 Å². The van der Waals surface area contributed by atoms with Crippen molar-refractivity contribution in [3.05, 3.63) is 47.7 Å². The standard InChI is InChI=1S/C21H25N5O3/c1-15(18-7-6-17(28-2)13-19(18)29-3)24-21(27)26-11-9-25(10-12-26)20-16(14-22)5-4-8-23-20/h4-8,13,15H,9-12H2,1-3H3,(H,24,27)/t15-/m1/s1. The van der Waals surface area contributed by atoms with Gasteiger partial charge in [0.05, 0.1) is 25.8 Å². The van der Waals surface area contributed by atoms with Gasteiger partial charge in [-0.25, -0.2) is 9.78 Å². The molecular weight excluding hydrogens is 370 g/mol. The summed E-state index contributed by atoms with van der Waals surface area (Å²) in [6.45, 7) is 4.28. The summed E-state index contributed by atoms with van der Waals surface area (Å²) in [5.74, 6) is 2.04. The molecule has 1 atom stereocenters. The molecule has 0 aliphatic carbocycles. The zero-order valence-electron chi connectivity index (χ0n) is 16.9. The van der Waals surface area contributed by atoms with E-state index in [0.29, 0.717) is 49.1 Å². The highest BCUT2D eigenvalue weighted by molar-refractivity contribution is 5.75. The van der Waals surface area contributed by atoms with E-state index < -0.39 is 0 Å². The van der Waals surface area contributed by atoms with Gasteiger partial charge in [-0.1, -0.05) is 0 Å². The number of urea groups is 1. The number of carbonyl (C=O) groups excluding carboxylic acids is 1. The Morgan fingerprint density at radius 3 is 2.62 bits per heavy atom. The third-order valence-electron chi connectivity index (χ3n) is 5.02. The highest BCUT2D eigenvalue weighted by atomic mass is 16.5. The fourth-order valence-corrected chi connectivity index (χ4v) is 3.39. The van der Waals surface area contributed by atoms with Gasteiger partial charge in [-0.2, -0.15) is 5.26 Å². The quantitative estimate of drug-likeness (QED) is 0.837. The van der Waals surface area contributed by atoms with Gasteiger partial charge in [0.2, 0.25) is 0 Å². The minimum atomic E-state index is -0.220. The van der Waals surface area contributed by atoms with Crippen LogP contribution in [0.4, 0.5) is 10.6 Å². The summed E-state index contributed by atoms with van der Waals surface area (Å²) in [5, 5.41) is 12.3. The van der Waals surface area contributed by atoms with Crippen LogP contribution in [0.3, 0.4) is 0 Å². The molecule has 152 valence electrons. The summed E-state index contributed by atoms with van der Waals surface area (Å²) in [6, 6.07) is 10.9. The first-order valence-corrected chi connectivity index (χ1v) is 9.44. The number of rotatable bonds is 5. The van der Waals surface area contributed by atoms with Crippen molar-refractivity contribution in [2.75, 3.05) is 45.3 Å². The van der Waals surface area contributed by atoms with Crippen molar-refractivity contribution in [2.24, 2.45) is 0 Å². The molecule has 0 unspecified atom stereocenters. The number of hydrogen-bond donors (Lipinski definition) is 1. The molecule has 3 rings (SSSR count). The normalized spacial score (nSPS) is 14.7. The number of piperazine rings is 1. The van der Waals surface area contributed by atoms with Crippen LogP contribution in [-0.2, 0) is 0 Å². The Balaban J connectivity index is 1.61. The lowest BCUT2D eigenvalue weighted by atomic mass is 10.1. The Labute approximate surface area is 170 Å². The Kier molecular flexibility index (Phi) is 6.39. The number of nitriles is 1. The molecule has 29 heavy (non-hydrogen) atoms. The van der Waals surface area contributed by atoms with Crippen molar-refractivity contribution < 1.29 is 14.3 Å². The molecule has 2 heterocycles. The number of ether oxygens (including phenoxy) is 2. The molecule has 1 fully saturated rings. The Morgan fingerprint density at radius 2 is 1.97 bits per heavy atom. The van der Waals surface area contributed by atoms with E-state index in [4.69, 9.17) is 9.47 Å². The first-order valence-electron chi connectivity index (χ1n) is 9.44. The van der Waals surface area contributed by atoms with Crippen LogP contribution >= 0.6 is 0 Å². The summed E-state index contributed by atoms with van der Waals surface area (Å²) in [5.41, 5.74) is 1.43. The van der Waals surface area contributed by atoms with E-state index in [9.17, 15) is 10.1 Å². The molecule has 0 radical (unpaired) electrons. The zero-order chi connectivity index (χ0) is 20.8. The van der Waals surface area contributed by atoms with E-state index in [1.165, 1.54) is 0 Å². The van der Waals surface area contributed by atoms with Gasteiger partial charge in [0.15, 0.2) is 0 Å². The number of anilines is 1. The summed E-state index contributed by atoms with van der Waals surface area (Å²) in [6.07, 6.45) is 1.68. The summed E-state index contributed by atoms with van der Waals surface area (Å²) in [7, 11) is 3.20. The second kappa shape index (κ2) is 9.15. The Hall–Kier alpha value is -3.47. The Morgan fingerprint density at radius 1 is 1.21 bits per heavy atom. The summed E-state index contributed by atoms with van der Waals surface area (Å²) in [4.78, 5) is 20.9. The lowest BCUT2D eigenvalue weighted by Crippen LogP contribution is -2.52. The van der Waals surface area contributed by atoms with Crippen LogP contribution in [0.15, 0.2) is 36.5 Å². The van der Waals surface area contributed by atoms with Crippen LogP contribution in [0.25, 0.3) is 0 Å². The van der Waals surface area contributed by atoms with Gasteiger partial charge in [-0.05, 0) is 31.2 Å². The molecule has 8 nitrogen and oxygen atoms in total. The predicted molar refractivity (Wildman–Crippen MR) is 109 cm³/mol. The number of nitrogens with zero attached hydrogens (tertiary/aromatic N) is 4. The minimum absolute atomic E-state index is 0.128. The number of amides is 2. The summed E-state index contributed by atoms with van der Waals surface area (Å²) >= 11 is 0. The molecule has 1 aromatic heterocycles. The number of hydrogen-bond acceptors (Lipinski definition) is 6. The molecule has 1 aliphatic rings. The van der Waals surface area contributed by atoms with Gasteiger partial charge < -0.3 is 24.6 Å². The molecule has 2 amide bonds. The van der Waals surface area contributed by atoms with Gasteiger partial charge in [0, 0.05) is 44.0 Å². The van der Waals surface area contributed by atoms with E-state index in [0.717, 1.165) is 5.56 Å². The molecule has 2 aromatic rings. The fraction of sp³-hybridized carbons (Fsp3) is 0.381. The van der Waals surface area contributed by atoms with E-state index in [1.807, 2.05) is 24.0 Å². The smallest absolute Gasteiger partial charge is 0.317 e. The molecule has 1 N–H and O–H groups in total. The second-order valence-electron chi connectivity index (χ2n) is 6.74. The number of aromatic nitrogens is 1. The first kappa shape index (κ1) is 20.3. The molecule has 8 heteroatoms. The second-order valence-corrected chi connectivity index (χ2v) is 6.74. The van der Waals surface area contributed by atoms with Gasteiger partial charge in [0.1, 0.15) is 23.4 Å². The van der Waals surface area contributed by atoms with Crippen molar-refractivity contribution >= 4 is 11.8 Å². The van der Waals surface area contributed by atoms with Gasteiger partial charge in [-0.3, -0.25) is 0 Å². The molecule has 0 bridgehead atoms. The van der Waals surface area contributed by atoms with Crippen molar-refractivity contribution in [1.29, 1.82) is 5.26 Å². The van der Waals surface area contributed by atoms with Crippen LogP contribution in [0.1, 0.15) is 24.1 Å². The molecule has 1 aliphatic heterocycles. The van der Waals surface area contributed by atoms with E-state index >= 15 is 0 Å². The average molecular weight is 395 g/mol. The SMILES string of the molecule is COc1ccc([C@@H](C)NC(=O)N2CCN(c3ncccc3C#N)CC2)c(OC)c1. The third kappa shape index (κ3) is 4.51. The van der Waals surface area contributed by atoms with Crippen LogP contribution in [0.5, 0.6) is 11.5 Å². The lowest BCUT2D eigenvalue weighted by molar-refractivity contribution is 0.191. The zero-order valence-corrected chi connectivity index (χ0v) is 16.9. The molecule has 0 spiro atoms. The molecule has 1 aromatic carbocycles. The minimum Gasteiger partial charge on any atom is -0.497 e. The van der Waals surface area contributed by atoms with Crippen LogP contribution in [-0.4, -0.2) is 56.3 Å². The highest BCUT2D eigenvalue weighted by Gasteiger charge is 2.25. The van der Waals surface area contributed by atoms with Crippen LogP contribution in [0, 0.1) is 11.3 Å². The van der Waals surface area contributed by atoms with Gasteiger partial charge in [-0.15, -0.1) is 0 Å². The monoisotopic (exact) mass is 395 g/mol. The maximum Gasteiger partial charge on any atom is 0.317 e. The number of pyridine rings is 1. The molecule has 1 saturated heterocycles. The van der Waals surface area contributed by atoms with E-state index in [-0.39, 0.29) is 12.1 Å². The maximum atomic E-state index is 12.7. The van der Waals surface area contributed by atoms with Crippen molar-refractivity contribution in [2.45, 2.75) is 13.0 Å². The first-order chi connectivity index (χ1) is 14.1. The van der Waals surface area contributed by atoms with E-state index in [2.05, 4.69) is 16.4 Å². The summed E-state index contributed by atoms with van der Waals surface area (Å²) < 4.78 is 10.7. The highest BCUT2D eigenvalue weighted by Crippen LogP contribution is 2.29. The number of benzene rings is 1. The Bertz CT molecular complexity index is 903. The molecule has 0 saturated carbocycles. The lowest BCUT2D eigenvalue weighted by Gasteiger charge is -2.36.